The Morgan fingerprint density at radius 1 is 0.931 bits per heavy atom. The van der Waals surface area contributed by atoms with Crippen molar-refractivity contribution in [3.8, 4) is 0 Å². The third-order valence-corrected chi connectivity index (χ3v) is 6.32. The van der Waals surface area contributed by atoms with Crippen LogP contribution in [0.1, 0.15) is 13.8 Å². The van der Waals surface area contributed by atoms with Gasteiger partial charge in [0.05, 0.1) is 4.90 Å². The fourth-order valence-corrected chi connectivity index (χ4v) is 4.17. The molecule has 152 valence electrons. The smallest absolute Gasteiger partial charge is 0.243 e. The number of hydrogen-bond acceptors (Lipinski definition) is 8. The number of hydrogen-bond donors (Lipinski definition) is 3. The highest BCUT2D eigenvalue weighted by atomic mass is 32.2. The second-order valence-corrected chi connectivity index (χ2v) is 8.00. The first-order valence-corrected chi connectivity index (χ1v) is 10.6. The van der Waals surface area contributed by atoms with Crippen LogP contribution in [0.5, 0.6) is 0 Å². The molecule has 0 atom stereocenters. The van der Waals surface area contributed by atoms with Crippen molar-refractivity contribution in [1.82, 2.24) is 19.3 Å². The maximum atomic E-state index is 12.6. The van der Waals surface area contributed by atoms with Crippen molar-refractivity contribution in [2.75, 3.05) is 29.5 Å². The van der Waals surface area contributed by atoms with Crippen molar-refractivity contribution in [1.29, 1.82) is 0 Å². The van der Waals surface area contributed by atoms with Gasteiger partial charge in [0, 0.05) is 25.0 Å². The monoisotopic (exact) mass is 413 g/mol. The van der Waals surface area contributed by atoms with E-state index in [1.165, 1.54) is 10.6 Å². The van der Waals surface area contributed by atoms with Crippen LogP contribution in [-0.2, 0) is 10.0 Å². The Morgan fingerprint density at radius 3 is 2.17 bits per heavy atom. The minimum atomic E-state index is -3.50. The molecule has 29 heavy (non-hydrogen) atoms. The van der Waals surface area contributed by atoms with Gasteiger partial charge in [0.15, 0.2) is 11.6 Å². The molecule has 3 aromatic rings. The molecule has 0 aliphatic heterocycles. The molecule has 9 nitrogen and oxygen atoms in total. The number of benzene rings is 1. The summed E-state index contributed by atoms with van der Waals surface area (Å²) in [6.45, 7) is 4.46. The molecule has 0 fully saturated rings. The summed E-state index contributed by atoms with van der Waals surface area (Å²) in [5.74, 6) is 1.43. The Labute approximate surface area is 170 Å². The minimum absolute atomic E-state index is 0.236. The quantitative estimate of drug-likeness (QED) is 0.514. The van der Waals surface area contributed by atoms with Crippen LogP contribution < -0.4 is 16.4 Å². The molecule has 10 heteroatoms. The van der Waals surface area contributed by atoms with Crippen LogP contribution in [0.25, 0.3) is 0 Å². The van der Waals surface area contributed by atoms with Gasteiger partial charge in [0.1, 0.15) is 17.8 Å². The van der Waals surface area contributed by atoms with Gasteiger partial charge < -0.3 is 16.4 Å². The number of rotatable bonds is 8. The molecular formula is C19H23N7O2S. The number of sulfonamides is 1. The van der Waals surface area contributed by atoms with Crippen LogP contribution in [0.4, 0.5) is 28.8 Å². The van der Waals surface area contributed by atoms with Crippen molar-refractivity contribution in [3.63, 3.8) is 0 Å². The normalized spacial score (nSPS) is 11.4. The van der Waals surface area contributed by atoms with Crippen LogP contribution in [0.3, 0.4) is 0 Å². The lowest BCUT2D eigenvalue weighted by molar-refractivity contribution is 0.445. The van der Waals surface area contributed by atoms with Crippen LogP contribution in [0.15, 0.2) is 59.9 Å². The molecule has 0 bridgehead atoms. The van der Waals surface area contributed by atoms with E-state index in [1.807, 2.05) is 26.0 Å². The molecule has 0 saturated heterocycles. The van der Waals surface area contributed by atoms with Crippen molar-refractivity contribution in [3.05, 3.63) is 55.0 Å². The maximum absolute atomic E-state index is 12.6. The Morgan fingerprint density at radius 2 is 1.59 bits per heavy atom. The van der Waals surface area contributed by atoms with E-state index in [9.17, 15) is 8.42 Å². The van der Waals surface area contributed by atoms with E-state index < -0.39 is 10.0 Å². The van der Waals surface area contributed by atoms with E-state index in [1.54, 1.807) is 36.5 Å². The van der Waals surface area contributed by atoms with Gasteiger partial charge in [-0.2, -0.15) is 4.31 Å². The zero-order chi connectivity index (χ0) is 20.9. The van der Waals surface area contributed by atoms with E-state index in [0.29, 0.717) is 41.9 Å². The first-order valence-electron chi connectivity index (χ1n) is 9.11. The van der Waals surface area contributed by atoms with E-state index in [2.05, 4.69) is 25.6 Å². The highest BCUT2D eigenvalue weighted by molar-refractivity contribution is 7.89. The van der Waals surface area contributed by atoms with E-state index in [-0.39, 0.29) is 4.90 Å². The Hall–Kier alpha value is -3.24. The van der Waals surface area contributed by atoms with Gasteiger partial charge in [0.2, 0.25) is 10.0 Å². The Bertz CT molecular complexity index is 1050. The van der Waals surface area contributed by atoms with Gasteiger partial charge >= 0.3 is 0 Å². The summed E-state index contributed by atoms with van der Waals surface area (Å²) in [4.78, 5) is 12.7. The predicted molar refractivity (Wildman–Crippen MR) is 114 cm³/mol. The molecule has 0 amide bonds. The van der Waals surface area contributed by atoms with E-state index in [0.717, 1.165) is 0 Å². The molecule has 3 rings (SSSR count). The van der Waals surface area contributed by atoms with Gasteiger partial charge in [-0.15, -0.1) is 0 Å². The Kier molecular flexibility index (Phi) is 6.25. The average Bonchev–Trinajstić information content (AvgIpc) is 2.73. The third-order valence-electron chi connectivity index (χ3n) is 4.26. The molecule has 0 spiro atoms. The number of nitrogen functional groups attached to an aromatic ring is 1. The number of aromatic nitrogens is 3. The summed E-state index contributed by atoms with van der Waals surface area (Å²) in [6.07, 6.45) is 3.04. The fourth-order valence-electron chi connectivity index (χ4n) is 2.71. The van der Waals surface area contributed by atoms with Gasteiger partial charge in [-0.1, -0.05) is 19.9 Å². The standard InChI is InChI=1S/C19H23N7O2S/c1-3-26(4-2)29(27,28)15-10-8-14(9-11-15)24-18-17(20)19(23-13-22-18)25-16-7-5-6-12-21-16/h5-13H,3-4,20H2,1-2H3,(H2,21,22,23,24,25). The second-order valence-electron chi connectivity index (χ2n) is 6.06. The molecule has 4 N–H and O–H groups in total. The van der Waals surface area contributed by atoms with Crippen LogP contribution in [-0.4, -0.2) is 40.8 Å². The van der Waals surface area contributed by atoms with Gasteiger partial charge in [-0.3, -0.25) is 0 Å². The first-order chi connectivity index (χ1) is 14.0. The van der Waals surface area contributed by atoms with Crippen LogP contribution in [0, 0.1) is 0 Å². The number of anilines is 5. The maximum Gasteiger partial charge on any atom is 0.243 e. The molecule has 0 radical (unpaired) electrons. The minimum Gasteiger partial charge on any atom is -0.393 e. The summed E-state index contributed by atoms with van der Waals surface area (Å²) in [5.41, 5.74) is 7.14. The third kappa shape index (κ3) is 4.61. The Balaban J connectivity index is 1.79. The fraction of sp³-hybridized carbons (Fsp3) is 0.211. The van der Waals surface area contributed by atoms with Gasteiger partial charge in [-0.05, 0) is 36.4 Å². The predicted octanol–water partition coefficient (Wildman–Crippen LogP) is 2.97. The van der Waals surface area contributed by atoms with Crippen molar-refractivity contribution in [2.24, 2.45) is 0 Å². The van der Waals surface area contributed by atoms with Gasteiger partial charge in [0.25, 0.3) is 0 Å². The molecule has 0 unspecified atom stereocenters. The molecule has 0 aliphatic rings. The molecule has 2 aromatic heterocycles. The van der Waals surface area contributed by atoms with Crippen molar-refractivity contribution in [2.45, 2.75) is 18.7 Å². The van der Waals surface area contributed by atoms with Gasteiger partial charge in [-0.25, -0.2) is 23.4 Å². The second kappa shape index (κ2) is 8.84. The zero-order valence-electron chi connectivity index (χ0n) is 16.2. The van der Waals surface area contributed by atoms with Crippen LogP contribution in [0.2, 0.25) is 0 Å². The lowest BCUT2D eigenvalue weighted by Crippen LogP contribution is -2.30. The largest absolute Gasteiger partial charge is 0.393 e. The number of pyridine rings is 1. The van der Waals surface area contributed by atoms with Crippen molar-refractivity contribution < 1.29 is 8.42 Å². The molecule has 0 saturated carbocycles. The zero-order valence-corrected chi connectivity index (χ0v) is 17.0. The lowest BCUT2D eigenvalue weighted by Gasteiger charge is -2.18. The molecule has 0 aliphatic carbocycles. The summed E-state index contributed by atoms with van der Waals surface area (Å²) in [7, 11) is -3.50. The summed E-state index contributed by atoms with van der Waals surface area (Å²) in [6, 6.07) is 11.9. The SMILES string of the molecule is CCN(CC)S(=O)(=O)c1ccc(Nc2ncnc(Nc3ccccn3)c2N)cc1. The number of nitrogens with one attached hydrogen (secondary N) is 2. The molecule has 2 heterocycles. The number of nitrogens with two attached hydrogens (primary N) is 1. The number of nitrogens with zero attached hydrogens (tertiary/aromatic N) is 4. The highest BCUT2D eigenvalue weighted by Gasteiger charge is 2.21. The first kappa shape index (κ1) is 20.5. The summed E-state index contributed by atoms with van der Waals surface area (Å²) < 4.78 is 26.6. The van der Waals surface area contributed by atoms with E-state index >= 15 is 0 Å². The summed E-state index contributed by atoms with van der Waals surface area (Å²) >= 11 is 0. The topological polar surface area (TPSA) is 126 Å². The highest BCUT2D eigenvalue weighted by Crippen LogP contribution is 2.28. The van der Waals surface area contributed by atoms with E-state index in [4.69, 9.17) is 5.73 Å². The molecule has 1 aromatic carbocycles. The van der Waals surface area contributed by atoms with Crippen LogP contribution >= 0.6 is 0 Å². The average molecular weight is 414 g/mol. The summed E-state index contributed by atoms with van der Waals surface area (Å²) in [5, 5.41) is 6.13. The molecular weight excluding hydrogens is 390 g/mol. The lowest BCUT2D eigenvalue weighted by atomic mass is 10.3. The van der Waals surface area contributed by atoms with Crippen molar-refractivity contribution >= 4 is 38.9 Å².